The van der Waals surface area contributed by atoms with Crippen molar-refractivity contribution in [1.29, 1.82) is 0 Å². The average Bonchev–Trinajstić information content (AvgIpc) is 3.17. The fourth-order valence-corrected chi connectivity index (χ4v) is 4.93. The maximum absolute atomic E-state index is 12.8. The Morgan fingerprint density at radius 2 is 1.00 bits per heavy atom. The second-order valence-electron chi connectivity index (χ2n) is 8.08. The number of unbranched alkanes of at least 4 members (excludes halogenated alkanes) is 1. The molecule has 8 heteroatoms. The van der Waals surface area contributed by atoms with Crippen LogP contribution in [0.5, 0.6) is 0 Å². The van der Waals surface area contributed by atoms with Crippen molar-refractivity contribution >= 4 is 46.5 Å². The van der Waals surface area contributed by atoms with Gasteiger partial charge in [-0.3, -0.25) is 19.4 Å². The molecular formula is C24H26N4O2S2. The van der Waals surface area contributed by atoms with Crippen LogP contribution in [-0.2, 0) is 9.59 Å². The van der Waals surface area contributed by atoms with E-state index in [2.05, 4.69) is 0 Å². The average molecular weight is 467 g/mol. The van der Waals surface area contributed by atoms with Crippen LogP contribution in [0.3, 0.4) is 0 Å². The molecule has 0 radical (unpaired) electrons. The molecule has 2 fully saturated rings. The number of carbonyl (C=O) groups excluding carboxylic acids is 2. The molecule has 6 nitrogen and oxygen atoms in total. The van der Waals surface area contributed by atoms with E-state index in [0.717, 1.165) is 24.0 Å². The largest absolute Gasteiger partial charge is 0.333 e. The summed E-state index contributed by atoms with van der Waals surface area (Å²) in [4.78, 5) is 32.7. The van der Waals surface area contributed by atoms with Gasteiger partial charge in [0.25, 0.3) is 11.8 Å². The highest BCUT2D eigenvalue weighted by atomic mass is 32.1. The zero-order chi connectivity index (χ0) is 22.8. The van der Waals surface area contributed by atoms with Gasteiger partial charge in [0.15, 0.2) is 10.2 Å². The lowest BCUT2D eigenvalue weighted by atomic mass is 10.0. The summed E-state index contributed by atoms with van der Waals surface area (Å²) < 4.78 is 0. The highest BCUT2D eigenvalue weighted by molar-refractivity contribution is 7.80. The predicted molar refractivity (Wildman–Crippen MR) is 132 cm³/mol. The third-order valence-electron chi connectivity index (χ3n) is 6.10. The molecule has 2 amide bonds. The molecule has 2 aromatic carbocycles. The molecule has 0 aliphatic carbocycles. The van der Waals surface area contributed by atoms with Gasteiger partial charge in [0.2, 0.25) is 0 Å². The number of hydrogen-bond donors (Lipinski definition) is 0. The standard InChI is InChI=1S/C24H26N4O2S2/c1-25-21(29)19(17-11-5-3-6-12-17)27(23(25)31)15-9-10-16-28-20(18-13-7-4-8-14-18)22(30)26(2)24(28)32/h3-8,11-14,19-20H,9-10,15-16H2,1-2H3. The number of carbonyl (C=O) groups is 2. The van der Waals surface area contributed by atoms with Gasteiger partial charge in [-0.05, 0) is 48.4 Å². The van der Waals surface area contributed by atoms with Crippen molar-refractivity contribution in [1.82, 2.24) is 19.6 Å². The van der Waals surface area contributed by atoms with Gasteiger partial charge in [0.05, 0.1) is 0 Å². The van der Waals surface area contributed by atoms with Gasteiger partial charge in [-0.2, -0.15) is 0 Å². The summed E-state index contributed by atoms with van der Waals surface area (Å²) in [5.74, 6) is -0.00318. The number of nitrogens with zero attached hydrogens (tertiary/aromatic N) is 4. The number of hydrogen-bond acceptors (Lipinski definition) is 4. The van der Waals surface area contributed by atoms with Crippen molar-refractivity contribution < 1.29 is 9.59 Å². The lowest BCUT2D eigenvalue weighted by Gasteiger charge is -2.26. The van der Waals surface area contributed by atoms with Crippen molar-refractivity contribution in [3.8, 4) is 0 Å². The van der Waals surface area contributed by atoms with Crippen LogP contribution in [-0.4, -0.2) is 68.8 Å². The molecule has 2 unspecified atom stereocenters. The molecule has 2 aromatic rings. The minimum Gasteiger partial charge on any atom is -0.333 e. The molecule has 32 heavy (non-hydrogen) atoms. The van der Waals surface area contributed by atoms with E-state index in [9.17, 15) is 9.59 Å². The van der Waals surface area contributed by atoms with Crippen LogP contribution < -0.4 is 0 Å². The zero-order valence-electron chi connectivity index (χ0n) is 18.2. The molecule has 0 N–H and O–H groups in total. The Morgan fingerprint density at radius 3 is 1.34 bits per heavy atom. The minimum atomic E-state index is -0.383. The summed E-state index contributed by atoms with van der Waals surface area (Å²) in [7, 11) is 3.46. The maximum Gasteiger partial charge on any atom is 0.255 e. The van der Waals surface area contributed by atoms with E-state index in [1.807, 2.05) is 70.5 Å². The van der Waals surface area contributed by atoms with Crippen LogP contribution in [0.25, 0.3) is 0 Å². The van der Waals surface area contributed by atoms with Crippen LogP contribution >= 0.6 is 24.4 Å². The summed E-state index contributed by atoms with van der Waals surface area (Å²) >= 11 is 11.1. The molecule has 0 bridgehead atoms. The summed E-state index contributed by atoms with van der Waals surface area (Å²) in [6.07, 6.45) is 1.65. The van der Waals surface area contributed by atoms with Gasteiger partial charge in [-0.1, -0.05) is 60.7 Å². The molecule has 0 aromatic heterocycles. The van der Waals surface area contributed by atoms with E-state index in [4.69, 9.17) is 24.4 Å². The third kappa shape index (κ3) is 4.00. The van der Waals surface area contributed by atoms with E-state index < -0.39 is 0 Å². The first-order valence-corrected chi connectivity index (χ1v) is 11.5. The van der Waals surface area contributed by atoms with Crippen molar-refractivity contribution in [2.75, 3.05) is 27.2 Å². The molecule has 2 aliphatic rings. The number of benzene rings is 2. The Balaban J connectivity index is 1.42. The van der Waals surface area contributed by atoms with Crippen LogP contribution in [0.15, 0.2) is 60.7 Å². The molecular weight excluding hydrogens is 440 g/mol. The molecule has 166 valence electrons. The van der Waals surface area contributed by atoms with E-state index in [-0.39, 0.29) is 23.9 Å². The second kappa shape index (κ2) is 9.34. The molecule has 4 rings (SSSR count). The topological polar surface area (TPSA) is 47.1 Å². The highest BCUT2D eigenvalue weighted by Crippen LogP contribution is 2.32. The number of rotatable bonds is 7. The van der Waals surface area contributed by atoms with Crippen molar-refractivity contribution in [2.24, 2.45) is 0 Å². The van der Waals surface area contributed by atoms with Crippen LogP contribution in [0.2, 0.25) is 0 Å². The summed E-state index contributed by atoms with van der Waals surface area (Å²) in [5.41, 5.74) is 1.89. The lowest BCUT2D eigenvalue weighted by Crippen LogP contribution is -2.33. The summed E-state index contributed by atoms with van der Waals surface area (Å²) in [6.45, 7) is 1.32. The Kier molecular flexibility index (Phi) is 6.53. The first-order chi connectivity index (χ1) is 15.4. The van der Waals surface area contributed by atoms with Crippen molar-refractivity contribution in [2.45, 2.75) is 24.9 Å². The van der Waals surface area contributed by atoms with Gasteiger partial charge in [-0.15, -0.1) is 0 Å². The molecule has 2 saturated heterocycles. The fraction of sp³-hybridized carbons (Fsp3) is 0.333. The van der Waals surface area contributed by atoms with Gasteiger partial charge in [0.1, 0.15) is 12.1 Å². The number of amides is 2. The van der Waals surface area contributed by atoms with E-state index in [1.165, 1.54) is 0 Å². The molecule has 2 aliphatic heterocycles. The van der Waals surface area contributed by atoms with Crippen LogP contribution in [0, 0.1) is 0 Å². The number of likely N-dealkylation sites (N-methyl/N-ethyl adjacent to an activating group) is 2. The maximum atomic E-state index is 12.8. The molecule has 0 saturated carbocycles. The van der Waals surface area contributed by atoms with Gasteiger partial charge >= 0.3 is 0 Å². The van der Waals surface area contributed by atoms with Crippen molar-refractivity contribution in [3.63, 3.8) is 0 Å². The Bertz CT molecular complexity index is 947. The van der Waals surface area contributed by atoms with E-state index in [1.54, 1.807) is 23.9 Å². The normalized spacial score (nSPS) is 21.3. The minimum absolute atomic E-state index is 0.00159. The quantitative estimate of drug-likeness (QED) is 0.461. The Hall–Kier alpha value is -2.84. The summed E-state index contributed by atoms with van der Waals surface area (Å²) in [6, 6.07) is 18.7. The van der Waals surface area contributed by atoms with Crippen LogP contribution in [0.4, 0.5) is 0 Å². The third-order valence-corrected chi connectivity index (χ3v) is 7.11. The van der Waals surface area contributed by atoms with E-state index >= 15 is 0 Å². The molecule has 2 atom stereocenters. The Morgan fingerprint density at radius 1 is 0.656 bits per heavy atom. The molecule has 0 spiro atoms. The monoisotopic (exact) mass is 466 g/mol. The fourth-order valence-electron chi connectivity index (χ4n) is 4.36. The van der Waals surface area contributed by atoms with Gasteiger partial charge in [0, 0.05) is 27.2 Å². The van der Waals surface area contributed by atoms with E-state index in [0.29, 0.717) is 23.3 Å². The second-order valence-corrected chi connectivity index (χ2v) is 8.81. The zero-order valence-corrected chi connectivity index (χ0v) is 19.8. The first kappa shape index (κ1) is 22.4. The highest BCUT2D eigenvalue weighted by Gasteiger charge is 2.42. The number of thiocarbonyl (C=S) groups is 2. The summed E-state index contributed by atoms with van der Waals surface area (Å²) in [5, 5.41) is 1.11. The Labute approximate surface area is 199 Å². The first-order valence-electron chi connectivity index (χ1n) is 10.7. The van der Waals surface area contributed by atoms with Gasteiger partial charge < -0.3 is 9.80 Å². The SMILES string of the molecule is CN1C(=O)C(c2ccccc2)N(CCCCN2C(=S)N(C)C(=O)C2c2ccccc2)C1=S. The van der Waals surface area contributed by atoms with Gasteiger partial charge in [-0.25, -0.2) is 0 Å². The lowest BCUT2D eigenvalue weighted by molar-refractivity contribution is -0.128. The molecule has 2 heterocycles. The predicted octanol–water partition coefficient (Wildman–Crippen LogP) is 3.37. The smallest absolute Gasteiger partial charge is 0.255 e. The van der Waals surface area contributed by atoms with Crippen LogP contribution in [0.1, 0.15) is 36.1 Å². The van der Waals surface area contributed by atoms with Crippen molar-refractivity contribution in [3.05, 3.63) is 71.8 Å².